The highest BCUT2D eigenvalue weighted by molar-refractivity contribution is 6.68. The van der Waals surface area contributed by atoms with Crippen LogP contribution in [0.3, 0.4) is 0 Å². The largest absolute Gasteiger partial charge is 0.398 e. The number of rotatable bonds is 1. The molecule has 2 aromatic rings. The third kappa shape index (κ3) is 3.64. The smallest absolute Gasteiger partial charge is 0.218 e. The predicted octanol–water partition coefficient (Wildman–Crippen LogP) is 6.17. The molecule has 0 saturated carbocycles. The van der Waals surface area contributed by atoms with Gasteiger partial charge < -0.3 is 11.5 Å². The van der Waals surface area contributed by atoms with Gasteiger partial charge >= 0.3 is 0 Å². The van der Waals surface area contributed by atoms with Crippen molar-refractivity contribution in [3.8, 4) is 11.1 Å². The minimum Gasteiger partial charge on any atom is -0.398 e. The van der Waals surface area contributed by atoms with E-state index in [2.05, 4.69) is 0 Å². The Morgan fingerprint density at radius 3 is 1.18 bits per heavy atom. The number of alkyl halides is 6. The zero-order chi connectivity index (χ0) is 16.7. The summed E-state index contributed by atoms with van der Waals surface area (Å²) in [7, 11) is 0. The van der Waals surface area contributed by atoms with Crippen molar-refractivity contribution in [3.05, 3.63) is 47.5 Å². The van der Waals surface area contributed by atoms with Crippen LogP contribution in [0, 0.1) is 0 Å². The molecule has 0 amide bonds. The summed E-state index contributed by atoms with van der Waals surface area (Å²) in [5, 5.41) is 0. The first-order valence-corrected chi connectivity index (χ1v) is 8.22. The van der Waals surface area contributed by atoms with Gasteiger partial charge in [0.15, 0.2) is 0 Å². The van der Waals surface area contributed by atoms with Crippen molar-refractivity contribution < 1.29 is 0 Å². The topological polar surface area (TPSA) is 52.0 Å². The van der Waals surface area contributed by atoms with E-state index in [1.807, 2.05) is 0 Å². The summed E-state index contributed by atoms with van der Waals surface area (Å²) in [6.45, 7) is 0. The molecule has 2 aromatic carbocycles. The summed E-state index contributed by atoms with van der Waals surface area (Å²) < 4.78 is -3.48. The van der Waals surface area contributed by atoms with Crippen LogP contribution in [-0.4, -0.2) is 0 Å². The summed E-state index contributed by atoms with van der Waals surface area (Å²) in [4.78, 5) is 0. The number of anilines is 2. The highest BCUT2D eigenvalue weighted by atomic mass is 35.6. The fourth-order valence-electron chi connectivity index (χ4n) is 2.22. The van der Waals surface area contributed by atoms with Crippen LogP contribution in [0.25, 0.3) is 11.1 Å². The Kier molecular flexibility index (Phi) is 5.23. The Labute approximate surface area is 158 Å². The second-order valence-electron chi connectivity index (χ2n) is 4.54. The van der Waals surface area contributed by atoms with Gasteiger partial charge in [-0.25, -0.2) is 0 Å². The maximum atomic E-state index is 6.05. The number of nitrogens with two attached hydrogens (primary N) is 2. The Morgan fingerprint density at radius 2 is 0.909 bits per heavy atom. The first-order valence-electron chi connectivity index (χ1n) is 5.95. The Hall–Kier alpha value is -0.220. The van der Waals surface area contributed by atoms with E-state index in [4.69, 9.17) is 81.1 Å². The van der Waals surface area contributed by atoms with Crippen LogP contribution >= 0.6 is 69.6 Å². The van der Waals surface area contributed by atoms with Gasteiger partial charge in [0, 0.05) is 22.5 Å². The van der Waals surface area contributed by atoms with Crippen LogP contribution in [0.4, 0.5) is 11.4 Å². The second-order valence-corrected chi connectivity index (χ2v) is 9.10. The standard InChI is InChI=1S/C14H10Cl6N2/c15-13(16,17)11-7(3-1-5-9(11)21)8-4-2-6-10(22)12(8)14(18,19)20/h1-6H,21-22H2. The van der Waals surface area contributed by atoms with E-state index in [0.29, 0.717) is 33.6 Å². The lowest BCUT2D eigenvalue weighted by Gasteiger charge is -2.23. The summed E-state index contributed by atoms with van der Waals surface area (Å²) in [5.41, 5.74) is 14.2. The van der Waals surface area contributed by atoms with E-state index < -0.39 is 7.59 Å². The van der Waals surface area contributed by atoms with Crippen LogP contribution in [0.15, 0.2) is 36.4 Å². The average Bonchev–Trinajstić information content (AvgIpc) is 2.35. The number of hydrogen-bond acceptors (Lipinski definition) is 2. The molecule has 0 aliphatic rings. The van der Waals surface area contributed by atoms with E-state index in [-0.39, 0.29) is 0 Å². The van der Waals surface area contributed by atoms with Gasteiger partial charge in [0.25, 0.3) is 0 Å². The number of benzene rings is 2. The van der Waals surface area contributed by atoms with E-state index in [1.54, 1.807) is 36.4 Å². The zero-order valence-corrected chi connectivity index (χ0v) is 15.4. The molecule has 22 heavy (non-hydrogen) atoms. The van der Waals surface area contributed by atoms with Crippen molar-refractivity contribution >= 4 is 81.0 Å². The average molecular weight is 419 g/mol. The second kappa shape index (κ2) is 6.35. The van der Waals surface area contributed by atoms with Crippen molar-refractivity contribution in [1.82, 2.24) is 0 Å². The third-order valence-electron chi connectivity index (χ3n) is 3.05. The predicted molar refractivity (Wildman–Crippen MR) is 99.2 cm³/mol. The Bertz CT molecular complexity index is 642. The van der Waals surface area contributed by atoms with Crippen molar-refractivity contribution in [2.45, 2.75) is 7.59 Å². The molecule has 8 heteroatoms. The first-order chi connectivity index (χ1) is 10.0. The van der Waals surface area contributed by atoms with E-state index in [0.717, 1.165) is 0 Å². The highest BCUT2D eigenvalue weighted by Crippen LogP contribution is 2.51. The van der Waals surface area contributed by atoms with E-state index in [1.165, 1.54) is 0 Å². The molecule has 0 atom stereocenters. The quantitative estimate of drug-likeness (QED) is 0.429. The van der Waals surface area contributed by atoms with Crippen LogP contribution in [0.5, 0.6) is 0 Å². The minimum atomic E-state index is -1.74. The molecule has 0 aliphatic carbocycles. The Morgan fingerprint density at radius 1 is 0.591 bits per heavy atom. The van der Waals surface area contributed by atoms with Crippen molar-refractivity contribution in [2.24, 2.45) is 0 Å². The molecule has 0 saturated heterocycles. The summed E-state index contributed by atoms with van der Waals surface area (Å²) in [6, 6.07) is 10.1. The van der Waals surface area contributed by atoms with Gasteiger partial charge in [-0.2, -0.15) is 0 Å². The molecule has 2 nitrogen and oxygen atoms in total. The van der Waals surface area contributed by atoms with Crippen molar-refractivity contribution in [1.29, 1.82) is 0 Å². The zero-order valence-electron chi connectivity index (χ0n) is 10.9. The molecule has 0 heterocycles. The number of nitrogen functional groups attached to an aromatic ring is 2. The fraction of sp³-hybridized carbons (Fsp3) is 0.143. The lowest BCUT2D eigenvalue weighted by molar-refractivity contribution is 1.21. The highest BCUT2D eigenvalue weighted by Gasteiger charge is 2.34. The van der Waals surface area contributed by atoms with Gasteiger partial charge in [0.05, 0.1) is 0 Å². The van der Waals surface area contributed by atoms with Gasteiger partial charge in [0.2, 0.25) is 7.59 Å². The van der Waals surface area contributed by atoms with Crippen LogP contribution < -0.4 is 11.5 Å². The molecule has 0 spiro atoms. The molecule has 0 bridgehead atoms. The van der Waals surface area contributed by atoms with Crippen LogP contribution in [-0.2, 0) is 7.59 Å². The maximum absolute atomic E-state index is 6.05. The molecule has 2 rings (SSSR count). The van der Waals surface area contributed by atoms with Gasteiger partial charge in [0.1, 0.15) is 0 Å². The molecule has 0 aromatic heterocycles. The molecule has 0 unspecified atom stereocenters. The molecular weight excluding hydrogens is 409 g/mol. The number of halogens is 6. The summed E-state index contributed by atoms with van der Waals surface area (Å²) >= 11 is 36.3. The van der Waals surface area contributed by atoms with Gasteiger partial charge in [-0.15, -0.1) is 0 Å². The lowest BCUT2D eigenvalue weighted by atomic mass is 9.94. The van der Waals surface area contributed by atoms with Gasteiger partial charge in [-0.1, -0.05) is 93.9 Å². The first kappa shape index (κ1) is 18.1. The maximum Gasteiger partial charge on any atom is 0.218 e. The van der Waals surface area contributed by atoms with Crippen LogP contribution in [0.1, 0.15) is 11.1 Å². The van der Waals surface area contributed by atoms with E-state index in [9.17, 15) is 0 Å². The molecule has 4 N–H and O–H groups in total. The monoisotopic (exact) mass is 416 g/mol. The molecular formula is C14H10Cl6N2. The van der Waals surface area contributed by atoms with Crippen LogP contribution in [0.2, 0.25) is 0 Å². The SMILES string of the molecule is Nc1cccc(-c2cccc(N)c2C(Cl)(Cl)Cl)c1C(Cl)(Cl)Cl. The molecule has 0 fully saturated rings. The van der Waals surface area contributed by atoms with Crippen molar-refractivity contribution in [3.63, 3.8) is 0 Å². The molecule has 0 aliphatic heterocycles. The summed E-state index contributed by atoms with van der Waals surface area (Å²) in [5.74, 6) is 0. The normalized spacial score (nSPS) is 12.5. The van der Waals surface area contributed by atoms with Gasteiger partial charge in [-0.05, 0) is 23.3 Å². The summed E-state index contributed by atoms with van der Waals surface area (Å²) in [6.07, 6.45) is 0. The minimum absolute atomic E-state index is 0.307. The molecule has 118 valence electrons. The fourth-order valence-corrected chi connectivity index (χ4v) is 3.49. The van der Waals surface area contributed by atoms with Gasteiger partial charge in [-0.3, -0.25) is 0 Å². The number of hydrogen-bond donors (Lipinski definition) is 2. The molecule has 0 radical (unpaired) electrons. The van der Waals surface area contributed by atoms with Crippen molar-refractivity contribution in [2.75, 3.05) is 11.5 Å². The van der Waals surface area contributed by atoms with E-state index >= 15 is 0 Å². The Balaban J connectivity index is 2.86. The third-order valence-corrected chi connectivity index (χ3v) is 4.18. The lowest BCUT2D eigenvalue weighted by Crippen LogP contribution is -2.11.